The van der Waals surface area contributed by atoms with Crippen molar-refractivity contribution in [3.63, 3.8) is 0 Å². The zero-order chi connectivity index (χ0) is 6.99. The minimum Gasteiger partial charge on any atom is -0.466 e. The Labute approximate surface area is 50.8 Å². The number of ether oxygens (including phenoxy) is 1. The molecule has 0 aromatic heterocycles. The third-order valence-corrected chi connectivity index (χ3v) is 0.348. The fourth-order valence-electron chi connectivity index (χ4n) is 0.203. The van der Waals surface area contributed by atoms with Crippen LogP contribution in [0.1, 0.15) is 27.7 Å². The molecule has 0 aliphatic rings. The molecular formula is C6H14O2. The second-order valence-electron chi connectivity index (χ2n) is 0.925. The van der Waals surface area contributed by atoms with E-state index in [1.54, 1.807) is 6.92 Å². The lowest BCUT2D eigenvalue weighted by molar-refractivity contribution is -0.140. The van der Waals surface area contributed by atoms with Gasteiger partial charge >= 0.3 is 5.97 Å². The van der Waals surface area contributed by atoms with Crippen LogP contribution in [0, 0.1) is 0 Å². The van der Waals surface area contributed by atoms with Crippen molar-refractivity contribution < 1.29 is 9.53 Å². The Hall–Kier alpha value is -0.530. The Balaban J connectivity index is 0. The number of carbonyl (C=O) groups excluding carboxylic acids is 1. The zero-order valence-corrected chi connectivity index (χ0v) is 6.02. The molecule has 0 N–H and O–H groups in total. The third-order valence-electron chi connectivity index (χ3n) is 0.348. The van der Waals surface area contributed by atoms with Crippen molar-refractivity contribution in [3.8, 4) is 0 Å². The van der Waals surface area contributed by atoms with Gasteiger partial charge in [0.1, 0.15) is 0 Å². The highest BCUT2D eigenvalue weighted by molar-refractivity contribution is 5.65. The number of rotatable bonds is 1. The second-order valence-corrected chi connectivity index (χ2v) is 0.925. The van der Waals surface area contributed by atoms with Crippen molar-refractivity contribution in [1.82, 2.24) is 0 Å². The van der Waals surface area contributed by atoms with Crippen LogP contribution in [0.2, 0.25) is 0 Å². The van der Waals surface area contributed by atoms with E-state index >= 15 is 0 Å². The van der Waals surface area contributed by atoms with Crippen LogP contribution >= 0.6 is 0 Å². The molecule has 0 saturated heterocycles. The molecule has 0 aromatic carbocycles. The van der Waals surface area contributed by atoms with Crippen molar-refractivity contribution >= 4 is 5.97 Å². The second kappa shape index (κ2) is 9.69. The van der Waals surface area contributed by atoms with Gasteiger partial charge in [-0.2, -0.15) is 0 Å². The van der Waals surface area contributed by atoms with Crippen molar-refractivity contribution in [2.45, 2.75) is 27.7 Å². The molecule has 0 rings (SSSR count). The van der Waals surface area contributed by atoms with E-state index in [1.807, 2.05) is 13.8 Å². The van der Waals surface area contributed by atoms with Crippen molar-refractivity contribution in [2.75, 3.05) is 6.61 Å². The van der Waals surface area contributed by atoms with Gasteiger partial charge in [0.15, 0.2) is 0 Å². The van der Waals surface area contributed by atoms with Gasteiger partial charge < -0.3 is 4.74 Å². The molecule has 0 aliphatic carbocycles. The summed E-state index contributed by atoms with van der Waals surface area (Å²) in [5.41, 5.74) is 0. The van der Waals surface area contributed by atoms with E-state index in [1.165, 1.54) is 6.92 Å². The van der Waals surface area contributed by atoms with Gasteiger partial charge in [-0.25, -0.2) is 0 Å². The predicted molar refractivity (Wildman–Crippen MR) is 33.7 cm³/mol. The first-order chi connectivity index (χ1) is 3.77. The molecule has 0 fully saturated rings. The van der Waals surface area contributed by atoms with Crippen LogP contribution in [0.25, 0.3) is 0 Å². The van der Waals surface area contributed by atoms with Crippen LogP contribution in [-0.4, -0.2) is 12.6 Å². The fraction of sp³-hybridized carbons (Fsp3) is 0.833. The normalized spacial score (nSPS) is 6.50. The zero-order valence-electron chi connectivity index (χ0n) is 6.02. The van der Waals surface area contributed by atoms with Crippen LogP contribution in [0.5, 0.6) is 0 Å². The highest BCUT2D eigenvalue weighted by Gasteiger charge is 1.81. The summed E-state index contributed by atoms with van der Waals surface area (Å²) in [6, 6.07) is 0. The predicted octanol–water partition coefficient (Wildman–Crippen LogP) is 1.60. The summed E-state index contributed by atoms with van der Waals surface area (Å²) in [7, 11) is 0. The van der Waals surface area contributed by atoms with Crippen LogP contribution in [0.3, 0.4) is 0 Å². The molecule has 0 amide bonds. The van der Waals surface area contributed by atoms with Crippen LogP contribution in [-0.2, 0) is 9.53 Å². The minimum atomic E-state index is -0.211. The quantitative estimate of drug-likeness (QED) is 0.489. The minimum absolute atomic E-state index is 0.211. The molecule has 0 saturated carbocycles. The molecular weight excluding hydrogens is 104 g/mol. The Bertz CT molecular complexity index is 50.5. The van der Waals surface area contributed by atoms with Gasteiger partial charge in [-0.15, -0.1) is 0 Å². The summed E-state index contributed by atoms with van der Waals surface area (Å²) in [5.74, 6) is -0.211. The van der Waals surface area contributed by atoms with Crippen molar-refractivity contribution in [2.24, 2.45) is 0 Å². The number of hydrogen-bond acceptors (Lipinski definition) is 2. The third kappa shape index (κ3) is 17.9. The standard InChI is InChI=1S/C4H8O2.C2H6/c1-3-6-4(2)5;1-2/h3H2,1-2H3;1-2H3. The molecule has 50 valence electrons. The van der Waals surface area contributed by atoms with Crippen LogP contribution in [0.15, 0.2) is 0 Å². The summed E-state index contributed by atoms with van der Waals surface area (Å²) >= 11 is 0. The summed E-state index contributed by atoms with van der Waals surface area (Å²) < 4.78 is 4.40. The lowest BCUT2D eigenvalue weighted by Gasteiger charge is -1.89. The van der Waals surface area contributed by atoms with Gasteiger partial charge in [-0.1, -0.05) is 13.8 Å². The van der Waals surface area contributed by atoms with Gasteiger partial charge in [0.25, 0.3) is 0 Å². The van der Waals surface area contributed by atoms with Gasteiger partial charge in [0.05, 0.1) is 6.61 Å². The number of carbonyl (C=O) groups is 1. The van der Waals surface area contributed by atoms with E-state index in [2.05, 4.69) is 4.74 Å². The maximum Gasteiger partial charge on any atom is 0.302 e. The molecule has 0 bridgehead atoms. The fourth-order valence-corrected chi connectivity index (χ4v) is 0.203. The number of esters is 1. The Morgan fingerprint density at radius 2 is 1.88 bits per heavy atom. The summed E-state index contributed by atoms with van der Waals surface area (Å²) in [6.07, 6.45) is 0. The molecule has 0 unspecified atom stereocenters. The van der Waals surface area contributed by atoms with E-state index in [-0.39, 0.29) is 5.97 Å². The molecule has 2 heteroatoms. The molecule has 0 aromatic rings. The molecule has 0 radical (unpaired) electrons. The van der Waals surface area contributed by atoms with E-state index in [4.69, 9.17) is 0 Å². The van der Waals surface area contributed by atoms with Crippen molar-refractivity contribution in [1.29, 1.82) is 0 Å². The molecule has 0 atom stereocenters. The topological polar surface area (TPSA) is 26.3 Å². The highest BCUT2D eigenvalue weighted by atomic mass is 16.5. The SMILES string of the molecule is CC.CCOC(C)=O. The average molecular weight is 118 g/mol. The van der Waals surface area contributed by atoms with Gasteiger partial charge in [-0.3, -0.25) is 4.79 Å². The van der Waals surface area contributed by atoms with E-state index in [9.17, 15) is 4.79 Å². The maximum atomic E-state index is 9.82. The smallest absolute Gasteiger partial charge is 0.302 e. The number of hydrogen-bond donors (Lipinski definition) is 0. The molecule has 2 nitrogen and oxygen atoms in total. The van der Waals surface area contributed by atoms with Crippen molar-refractivity contribution in [3.05, 3.63) is 0 Å². The molecule has 8 heavy (non-hydrogen) atoms. The lowest BCUT2D eigenvalue weighted by atomic mass is 10.8. The van der Waals surface area contributed by atoms with E-state index in [0.29, 0.717) is 6.61 Å². The summed E-state index contributed by atoms with van der Waals surface area (Å²) in [6.45, 7) is 7.65. The largest absolute Gasteiger partial charge is 0.466 e. The monoisotopic (exact) mass is 118 g/mol. The van der Waals surface area contributed by atoms with Gasteiger partial charge in [-0.05, 0) is 6.92 Å². The summed E-state index contributed by atoms with van der Waals surface area (Å²) in [5, 5.41) is 0. The highest BCUT2D eigenvalue weighted by Crippen LogP contribution is 1.69. The molecule has 0 heterocycles. The Morgan fingerprint density at radius 3 is 1.88 bits per heavy atom. The van der Waals surface area contributed by atoms with Gasteiger partial charge in [0.2, 0.25) is 0 Å². The van der Waals surface area contributed by atoms with E-state index in [0.717, 1.165) is 0 Å². The Morgan fingerprint density at radius 1 is 1.50 bits per heavy atom. The van der Waals surface area contributed by atoms with Crippen LogP contribution < -0.4 is 0 Å². The first-order valence-corrected chi connectivity index (χ1v) is 2.90. The summed E-state index contributed by atoms with van der Waals surface area (Å²) in [4.78, 5) is 9.82. The van der Waals surface area contributed by atoms with Crippen LogP contribution in [0.4, 0.5) is 0 Å². The average Bonchev–Trinajstić information content (AvgIpc) is 1.72. The molecule has 0 aliphatic heterocycles. The van der Waals surface area contributed by atoms with Gasteiger partial charge in [0, 0.05) is 6.92 Å². The lowest BCUT2D eigenvalue weighted by Crippen LogP contribution is -1.95. The first-order valence-electron chi connectivity index (χ1n) is 2.90. The van der Waals surface area contributed by atoms with E-state index < -0.39 is 0 Å². The first kappa shape index (κ1) is 10.5. The molecule has 0 spiro atoms. The Kier molecular flexibility index (Phi) is 12.7. The maximum absolute atomic E-state index is 9.82.